The molecule has 1 aliphatic rings. The zero-order valence-corrected chi connectivity index (χ0v) is 9.69. The van der Waals surface area contributed by atoms with Crippen molar-refractivity contribution in [2.75, 3.05) is 13.7 Å². The molecule has 0 aromatic carbocycles. The Morgan fingerprint density at radius 3 is 3.06 bits per heavy atom. The van der Waals surface area contributed by atoms with Crippen molar-refractivity contribution in [1.82, 2.24) is 10.1 Å². The quantitative estimate of drug-likeness (QED) is 0.763. The van der Waals surface area contributed by atoms with Crippen molar-refractivity contribution in [1.29, 1.82) is 0 Å². The minimum atomic E-state index is 0.187. The molecule has 2 rings (SSSR count). The van der Waals surface area contributed by atoms with Crippen LogP contribution in [0.5, 0.6) is 0 Å². The first-order chi connectivity index (χ1) is 7.81. The van der Waals surface area contributed by atoms with Gasteiger partial charge in [0.2, 0.25) is 5.89 Å². The first-order valence-electron chi connectivity index (χ1n) is 5.88. The Labute approximate surface area is 95.3 Å². The Balaban J connectivity index is 1.91. The Bertz CT molecular complexity index is 327. The lowest BCUT2D eigenvalue weighted by molar-refractivity contribution is 0.194. The zero-order chi connectivity index (χ0) is 11.4. The van der Waals surface area contributed by atoms with Gasteiger partial charge in [0, 0.05) is 26.2 Å². The Morgan fingerprint density at radius 1 is 1.50 bits per heavy atom. The van der Waals surface area contributed by atoms with Gasteiger partial charge in [-0.25, -0.2) is 0 Å². The van der Waals surface area contributed by atoms with E-state index >= 15 is 0 Å². The van der Waals surface area contributed by atoms with E-state index in [1.807, 2.05) is 0 Å². The fourth-order valence-corrected chi connectivity index (χ4v) is 2.19. The van der Waals surface area contributed by atoms with Gasteiger partial charge in [0.25, 0.3) is 0 Å². The molecule has 2 unspecified atom stereocenters. The van der Waals surface area contributed by atoms with Crippen LogP contribution in [0.15, 0.2) is 4.52 Å². The topological polar surface area (TPSA) is 74.2 Å². The molecular weight excluding hydrogens is 206 g/mol. The third kappa shape index (κ3) is 2.59. The molecule has 1 aromatic heterocycles. The minimum Gasteiger partial charge on any atom is -0.385 e. The van der Waals surface area contributed by atoms with Crippen LogP contribution >= 0.6 is 0 Å². The van der Waals surface area contributed by atoms with Crippen molar-refractivity contribution >= 4 is 0 Å². The molecule has 0 saturated heterocycles. The van der Waals surface area contributed by atoms with E-state index < -0.39 is 0 Å². The summed E-state index contributed by atoms with van der Waals surface area (Å²) in [7, 11) is 1.69. The lowest BCUT2D eigenvalue weighted by Crippen LogP contribution is -2.22. The highest BCUT2D eigenvalue weighted by molar-refractivity contribution is 5.01. The van der Waals surface area contributed by atoms with Crippen LogP contribution in [-0.4, -0.2) is 29.9 Å². The Kier molecular flexibility index (Phi) is 3.90. The molecule has 1 aliphatic carbocycles. The maximum Gasteiger partial charge on any atom is 0.231 e. The highest BCUT2D eigenvalue weighted by atomic mass is 16.5. The van der Waals surface area contributed by atoms with Crippen LogP contribution < -0.4 is 5.73 Å². The second kappa shape index (κ2) is 5.41. The van der Waals surface area contributed by atoms with Crippen LogP contribution in [0.1, 0.15) is 43.3 Å². The van der Waals surface area contributed by atoms with Crippen LogP contribution in [0.25, 0.3) is 0 Å². The molecule has 0 bridgehead atoms. The van der Waals surface area contributed by atoms with E-state index in [1.54, 1.807) is 7.11 Å². The standard InChI is InChI=1S/C11H19N3O2/c1-15-7-3-6-10-13-11(16-14-10)8-4-2-5-9(8)12/h8-9H,2-7,12H2,1H3. The first kappa shape index (κ1) is 11.5. The molecule has 5 nitrogen and oxygen atoms in total. The average Bonchev–Trinajstić information content (AvgIpc) is 2.87. The summed E-state index contributed by atoms with van der Waals surface area (Å²) in [5, 5.41) is 3.97. The molecule has 90 valence electrons. The number of nitrogens with zero attached hydrogens (tertiary/aromatic N) is 2. The van der Waals surface area contributed by atoms with Crippen molar-refractivity contribution in [2.45, 2.75) is 44.1 Å². The molecule has 16 heavy (non-hydrogen) atoms. The molecule has 1 saturated carbocycles. The summed E-state index contributed by atoms with van der Waals surface area (Å²) in [6.45, 7) is 0.729. The summed E-state index contributed by atoms with van der Waals surface area (Å²) in [4.78, 5) is 4.40. The lowest BCUT2D eigenvalue weighted by atomic mass is 10.1. The predicted octanol–water partition coefficient (Wildman–Crippen LogP) is 1.24. The van der Waals surface area contributed by atoms with Crippen LogP contribution in [0, 0.1) is 0 Å². The summed E-state index contributed by atoms with van der Waals surface area (Å²) in [6.07, 6.45) is 5.02. The summed E-state index contributed by atoms with van der Waals surface area (Å²) in [5.41, 5.74) is 5.99. The number of nitrogens with two attached hydrogens (primary N) is 1. The number of rotatable bonds is 5. The number of hydrogen-bond acceptors (Lipinski definition) is 5. The fraction of sp³-hybridized carbons (Fsp3) is 0.818. The van der Waals surface area contributed by atoms with Gasteiger partial charge in [-0.2, -0.15) is 4.98 Å². The average molecular weight is 225 g/mol. The van der Waals surface area contributed by atoms with Crippen LogP contribution in [0.3, 0.4) is 0 Å². The molecule has 2 atom stereocenters. The maximum atomic E-state index is 5.99. The third-order valence-corrected chi connectivity index (χ3v) is 3.12. The van der Waals surface area contributed by atoms with Gasteiger partial charge >= 0.3 is 0 Å². The van der Waals surface area contributed by atoms with E-state index in [9.17, 15) is 0 Å². The highest BCUT2D eigenvalue weighted by Crippen LogP contribution is 2.32. The Morgan fingerprint density at radius 2 is 2.38 bits per heavy atom. The number of methoxy groups -OCH3 is 1. The van der Waals surface area contributed by atoms with Gasteiger partial charge < -0.3 is 15.0 Å². The summed E-state index contributed by atoms with van der Waals surface area (Å²) < 4.78 is 10.2. The third-order valence-electron chi connectivity index (χ3n) is 3.12. The van der Waals surface area contributed by atoms with Gasteiger partial charge in [0.1, 0.15) is 0 Å². The molecule has 2 N–H and O–H groups in total. The molecule has 0 amide bonds. The molecule has 1 fully saturated rings. The van der Waals surface area contributed by atoms with Gasteiger partial charge in [-0.05, 0) is 19.3 Å². The van der Waals surface area contributed by atoms with Gasteiger partial charge in [0.05, 0.1) is 5.92 Å². The number of aromatic nitrogens is 2. The lowest BCUT2D eigenvalue weighted by Gasteiger charge is -2.08. The van der Waals surface area contributed by atoms with Crippen molar-refractivity contribution in [3.63, 3.8) is 0 Å². The van der Waals surface area contributed by atoms with Crippen LogP contribution in [0.2, 0.25) is 0 Å². The SMILES string of the molecule is COCCCc1noc(C2CCCC2N)n1. The molecule has 0 spiro atoms. The monoisotopic (exact) mass is 225 g/mol. The summed E-state index contributed by atoms with van der Waals surface area (Å²) in [6, 6.07) is 0.187. The van der Waals surface area contributed by atoms with E-state index in [4.69, 9.17) is 15.0 Å². The second-order valence-electron chi connectivity index (χ2n) is 4.35. The molecule has 0 aliphatic heterocycles. The van der Waals surface area contributed by atoms with E-state index in [0.29, 0.717) is 0 Å². The van der Waals surface area contributed by atoms with Crippen LogP contribution in [0.4, 0.5) is 0 Å². The number of hydrogen-bond donors (Lipinski definition) is 1. The summed E-state index contributed by atoms with van der Waals surface area (Å²) in [5.74, 6) is 1.76. The summed E-state index contributed by atoms with van der Waals surface area (Å²) >= 11 is 0. The number of aryl methyl sites for hydroxylation is 1. The van der Waals surface area contributed by atoms with Crippen molar-refractivity contribution in [2.24, 2.45) is 5.73 Å². The Hall–Kier alpha value is -0.940. The molecule has 1 heterocycles. The smallest absolute Gasteiger partial charge is 0.231 e. The molecule has 1 aromatic rings. The first-order valence-corrected chi connectivity index (χ1v) is 5.88. The number of ether oxygens (including phenoxy) is 1. The predicted molar refractivity (Wildman–Crippen MR) is 59.1 cm³/mol. The van der Waals surface area contributed by atoms with Gasteiger partial charge in [-0.1, -0.05) is 11.6 Å². The normalized spacial score (nSPS) is 25.1. The van der Waals surface area contributed by atoms with Crippen LogP contribution in [-0.2, 0) is 11.2 Å². The van der Waals surface area contributed by atoms with Gasteiger partial charge in [-0.15, -0.1) is 0 Å². The van der Waals surface area contributed by atoms with Crippen molar-refractivity contribution < 1.29 is 9.26 Å². The van der Waals surface area contributed by atoms with Crippen molar-refractivity contribution in [3.8, 4) is 0 Å². The van der Waals surface area contributed by atoms with Crippen molar-refractivity contribution in [3.05, 3.63) is 11.7 Å². The highest BCUT2D eigenvalue weighted by Gasteiger charge is 2.30. The second-order valence-corrected chi connectivity index (χ2v) is 4.35. The van der Waals surface area contributed by atoms with Gasteiger partial charge in [-0.3, -0.25) is 0 Å². The van der Waals surface area contributed by atoms with E-state index in [0.717, 1.165) is 50.4 Å². The molecule has 0 radical (unpaired) electrons. The van der Waals surface area contributed by atoms with E-state index in [2.05, 4.69) is 10.1 Å². The molecule has 5 heteroatoms. The van der Waals surface area contributed by atoms with E-state index in [1.165, 1.54) is 0 Å². The minimum absolute atomic E-state index is 0.187. The fourth-order valence-electron chi connectivity index (χ4n) is 2.19. The maximum absolute atomic E-state index is 5.99. The van der Waals surface area contributed by atoms with E-state index in [-0.39, 0.29) is 12.0 Å². The van der Waals surface area contributed by atoms with Gasteiger partial charge in [0.15, 0.2) is 5.82 Å². The zero-order valence-electron chi connectivity index (χ0n) is 9.69. The molecular formula is C11H19N3O2. The largest absolute Gasteiger partial charge is 0.385 e.